The van der Waals surface area contributed by atoms with Crippen molar-refractivity contribution in [1.29, 1.82) is 0 Å². The molecule has 0 N–H and O–H groups in total. The predicted octanol–water partition coefficient (Wildman–Crippen LogP) is 2.75. The molecule has 1 aliphatic heterocycles. The maximum Gasteiger partial charge on any atom is 0.309 e. The molecule has 0 unspecified atom stereocenters. The Labute approximate surface area is 107 Å². The Morgan fingerprint density at radius 1 is 1.50 bits per heavy atom. The van der Waals surface area contributed by atoms with Crippen LogP contribution in [-0.4, -0.2) is 18.7 Å². The quantitative estimate of drug-likeness (QED) is 0.776. The van der Waals surface area contributed by atoms with E-state index in [1.165, 1.54) is 0 Å². The van der Waals surface area contributed by atoms with Crippen molar-refractivity contribution < 1.29 is 18.7 Å². The molecule has 0 spiro atoms. The van der Waals surface area contributed by atoms with E-state index < -0.39 is 0 Å². The molecule has 18 heavy (non-hydrogen) atoms. The second-order valence-electron chi connectivity index (χ2n) is 4.95. The van der Waals surface area contributed by atoms with E-state index in [1.54, 1.807) is 0 Å². The molecule has 2 atom stereocenters. The van der Waals surface area contributed by atoms with Crippen LogP contribution in [-0.2, 0) is 20.9 Å². The van der Waals surface area contributed by atoms with E-state index in [4.69, 9.17) is 13.9 Å². The van der Waals surface area contributed by atoms with E-state index in [0.29, 0.717) is 13.2 Å². The van der Waals surface area contributed by atoms with Gasteiger partial charge in [0.05, 0.1) is 12.0 Å². The van der Waals surface area contributed by atoms with E-state index >= 15 is 0 Å². The predicted molar refractivity (Wildman–Crippen MR) is 66.1 cm³/mol. The first kappa shape index (κ1) is 13.1. The summed E-state index contributed by atoms with van der Waals surface area (Å²) in [5, 5.41) is 0. The van der Waals surface area contributed by atoms with Gasteiger partial charge in [-0.05, 0) is 39.7 Å². The molecule has 1 aromatic rings. The summed E-state index contributed by atoms with van der Waals surface area (Å²) in [7, 11) is 0. The number of hydrogen-bond acceptors (Lipinski definition) is 4. The lowest BCUT2D eigenvalue weighted by Gasteiger charge is -2.25. The van der Waals surface area contributed by atoms with Crippen LogP contribution >= 0.6 is 0 Å². The Balaban J connectivity index is 1.86. The third-order valence-electron chi connectivity index (χ3n) is 3.33. The standard InChI is InChI=1S/C14H20O4/c1-9-6-12(4-5-16-9)14(15)17-8-13-7-10(2)18-11(13)3/h7,9,12H,4-6,8H2,1-3H3/t9-,12-/m0/s1. The van der Waals surface area contributed by atoms with E-state index in [-0.39, 0.29) is 18.0 Å². The number of carbonyl (C=O) groups excluding carboxylic acids is 1. The highest BCUT2D eigenvalue weighted by molar-refractivity contribution is 5.72. The number of hydrogen-bond donors (Lipinski definition) is 0. The average molecular weight is 252 g/mol. The fourth-order valence-electron chi connectivity index (χ4n) is 2.31. The summed E-state index contributed by atoms with van der Waals surface area (Å²) in [6, 6.07) is 1.91. The number of ether oxygens (including phenoxy) is 2. The zero-order valence-corrected chi connectivity index (χ0v) is 11.2. The van der Waals surface area contributed by atoms with Gasteiger partial charge in [0.2, 0.25) is 0 Å². The molecule has 2 rings (SSSR count). The summed E-state index contributed by atoms with van der Waals surface area (Å²) in [6.07, 6.45) is 1.66. The van der Waals surface area contributed by atoms with Gasteiger partial charge in [-0.1, -0.05) is 0 Å². The van der Waals surface area contributed by atoms with Crippen LogP contribution in [0.1, 0.15) is 36.8 Å². The van der Waals surface area contributed by atoms with Gasteiger partial charge in [-0.2, -0.15) is 0 Å². The smallest absolute Gasteiger partial charge is 0.309 e. The molecule has 4 heteroatoms. The molecule has 0 radical (unpaired) electrons. The summed E-state index contributed by atoms with van der Waals surface area (Å²) in [5.41, 5.74) is 0.945. The summed E-state index contributed by atoms with van der Waals surface area (Å²) in [4.78, 5) is 11.9. The first-order chi connectivity index (χ1) is 8.56. The molecule has 0 aliphatic carbocycles. The molecular weight excluding hydrogens is 232 g/mol. The van der Waals surface area contributed by atoms with Crippen LogP contribution in [0.3, 0.4) is 0 Å². The first-order valence-corrected chi connectivity index (χ1v) is 6.40. The van der Waals surface area contributed by atoms with Crippen LogP contribution in [0.25, 0.3) is 0 Å². The van der Waals surface area contributed by atoms with Gasteiger partial charge in [0.25, 0.3) is 0 Å². The summed E-state index contributed by atoms with van der Waals surface area (Å²) in [6.45, 7) is 6.70. The van der Waals surface area contributed by atoms with Gasteiger partial charge in [0, 0.05) is 12.2 Å². The zero-order chi connectivity index (χ0) is 13.1. The topological polar surface area (TPSA) is 48.7 Å². The summed E-state index contributed by atoms with van der Waals surface area (Å²) < 4.78 is 16.2. The van der Waals surface area contributed by atoms with Crippen molar-refractivity contribution in [2.45, 2.75) is 46.3 Å². The van der Waals surface area contributed by atoms with E-state index in [1.807, 2.05) is 26.8 Å². The highest BCUT2D eigenvalue weighted by Gasteiger charge is 2.27. The van der Waals surface area contributed by atoms with Crippen LogP contribution in [0.15, 0.2) is 10.5 Å². The Hall–Kier alpha value is -1.29. The first-order valence-electron chi connectivity index (χ1n) is 6.40. The van der Waals surface area contributed by atoms with Crippen molar-refractivity contribution in [3.05, 3.63) is 23.2 Å². The SMILES string of the molecule is Cc1cc(COC(=O)[C@H]2CCO[C@@H](C)C2)c(C)o1. The van der Waals surface area contributed by atoms with Gasteiger partial charge in [-0.15, -0.1) is 0 Å². The maximum absolute atomic E-state index is 11.9. The fraction of sp³-hybridized carbons (Fsp3) is 0.643. The highest BCUT2D eigenvalue weighted by Crippen LogP contribution is 2.22. The minimum atomic E-state index is -0.122. The molecule has 0 aromatic carbocycles. The number of carbonyl (C=O) groups is 1. The molecular formula is C14H20O4. The van der Waals surface area contributed by atoms with Gasteiger partial charge >= 0.3 is 5.97 Å². The Morgan fingerprint density at radius 2 is 2.28 bits per heavy atom. The molecule has 1 aliphatic rings. The van der Waals surface area contributed by atoms with Crippen LogP contribution in [0.2, 0.25) is 0 Å². The van der Waals surface area contributed by atoms with Gasteiger partial charge in [0.1, 0.15) is 18.1 Å². The third-order valence-corrected chi connectivity index (χ3v) is 3.33. The van der Waals surface area contributed by atoms with Crippen molar-refractivity contribution in [2.75, 3.05) is 6.61 Å². The van der Waals surface area contributed by atoms with Crippen molar-refractivity contribution in [3.8, 4) is 0 Å². The lowest BCUT2D eigenvalue weighted by Crippen LogP contribution is -2.29. The average Bonchev–Trinajstić information content (AvgIpc) is 2.65. The Morgan fingerprint density at radius 3 is 2.89 bits per heavy atom. The molecule has 4 nitrogen and oxygen atoms in total. The van der Waals surface area contributed by atoms with Crippen LogP contribution < -0.4 is 0 Å². The van der Waals surface area contributed by atoms with Crippen LogP contribution in [0.4, 0.5) is 0 Å². The summed E-state index contributed by atoms with van der Waals surface area (Å²) in [5.74, 6) is 1.52. The van der Waals surface area contributed by atoms with Gasteiger partial charge in [0.15, 0.2) is 0 Å². The molecule has 2 heterocycles. The van der Waals surface area contributed by atoms with Gasteiger partial charge in [-0.25, -0.2) is 0 Å². The molecule has 1 saturated heterocycles. The van der Waals surface area contributed by atoms with E-state index in [0.717, 1.165) is 29.9 Å². The lowest BCUT2D eigenvalue weighted by molar-refractivity contribution is -0.154. The van der Waals surface area contributed by atoms with Gasteiger partial charge in [-0.3, -0.25) is 4.79 Å². The summed E-state index contributed by atoms with van der Waals surface area (Å²) >= 11 is 0. The molecule has 1 fully saturated rings. The van der Waals surface area contributed by atoms with Crippen molar-refractivity contribution in [3.63, 3.8) is 0 Å². The van der Waals surface area contributed by atoms with Crippen LogP contribution in [0.5, 0.6) is 0 Å². The molecule has 100 valence electrons. The molecule has 0 amide bonds. The van der Waals surface area contributed by atoms with E-state index in [2.05, 4.69) is 0 Å². The number of aryl methyl sites for hydroxylation is 2. The van der Waals surface area contributed by atoms with Crippen molar-refractivity contribution >= 4 is 5.97 Å². The normalized spacial score (nSPS) is 23.9. The number of furan rings is 1. The molecule has 1 aromatic heterocycles. The van der Waals surface area contributed by atoms with Crippen molar-refractivity contribution in [2.24, 2.45) is 5.92 Å². The maximum atomic E-state index is 11.9. The Bertz CT molecular complexity index is 421. The minimum Gasteiger partial charge on any atom is -0.466 e. The van der Waals surface area contributed by atoms with Crippen LogP contribution in [0, 0.1) is 19.8 Å². The monoisotopic (exact) mass is 252 g/mol. The Kier molecular flexibility index (Phi) is 4.07. The highest BCUT2D eigenvalue weighted by atomic mass is 16.5. The minimum absolute atomic E-state index is 0.0259. The molecule has 0 saturated carbocycles. The second kappa shape index (κ2) is 5.57. The second-order valence-corrected chi connectivity index (χ2v) is 4.95. The lowest BCUT2D eigenvalue weighted by atomic mass is 9.96. The number of rotatable bonds is 3. The van der Waals surface area contributed by atoms with Crippen molar-refractivity contribution in [1.82, 2.24) is 0 Å². The van der Waals surface area contributed by atoms with E-state index in [9.17, 15) is 4.79 Å². The van der Waals surface area contributed by atoms with Gasteiger partial charge < -0.3 is 13.9 Å². The fourth-order valence-corrected chi connectivity index (χ4v) is 2.31. The molecule has 0 bridgehead atoms. The largest absolute Gasteiger partial charge is 0.466 e. The number of esters is 1. The third kappa shape index (κ3) is 3.13. The zero-order valence-electron chi connectivity index (χ0n) is 11.2.